The van der Waals surface area contributed by atoms with Crippen LogP contribution < -0.4 is 4.52 Å². The first-order chi connectivity index (χ1) is 8.00. The number of nitro groups is 1. The van der Waals surface area contributed by atoms with Crippen molar-refractivity contribution >= 4 is 35.6 Å². The molecule has 0 amide bonds. The van der Waals surface area contributed by atoms with E-state index in [-0.39, 0.29) is 11.3 Å². The highest BCUT2D eigenvalue weighted by Gasteiger charge is 2.19. The van der Waals surface area contributed by atoms with E-state index in [9.17, 15) is 10.1 Å². The molecule has 0 aliphatic carbocycles. The minimum atomic E-state index is -2.53. The number of halogens is 1. The Hall–Kier alpha value is -0.680. The maximum Gasteiger partial charge on any atom is 0.269 e. The van der Waals surface area contributed by atoms with Crippen molar-refractivity contribution in [2.24, 2.45) is 0 Å². The summed E-state index contributed by atoms with van der Waals surface area (Å²) < 4.78 is 10.8. The Bertz CT molecular complexity index is 439. The van der Waals surface area contributed by atoms with E-state index in [4.69, 9.17) is 32.5 Å². The number of rotatable bonds is 6. The van der Waals surface area contributed by atoms with Gasteiger partial charge in [-0.2, -0.15) is 0 Å². The van der Waals surface area contributed by atoms with Gasteiger partial charge in [-0.1, -0.05) is 0 Å². The zero-order chi connectivity index (χ0) is 12.9. The van der Waals surface area contributed by atoms with Crippen molar-refractivity contribution in [3.8, 4) is 5.75 Å². The van der Waals surface area contributed by atoms with Crippen LogP contribution >= 0.6 is 18.1 Å². The maximum atomic E-state index is 10.5. The van der Waals surface area contributed by atoms with Gasteiger partial charge in [-0.3, -0.25) is 10.1 Å². The Balaban J connectivity index is 2.81. The standard InChI is InChI=1S/C9H11ClNO4PS/c1-2-14-16(17,7-10)15-9-5-3-8(4-6-9)11(12)13/h3-6H,2,7H2,1H3. The van der Waals surface area contributed by atoms with Gasteiger partial charge in [0.2, 0.25) is 0 Å². The molecule has 1 rings (SSSR count). The minimum Gasteiger partial charge on any atom is -0.442 e. The highest BCUT2D eigenvalue weighted by atomic mass is 35.5. The quantitative estimate of drug-likeness (QED) is 0.348. The van der Waals surface area contributed by atoms with Crippen LogP contribution in [0.2, 0.25) is 0 Å². The summed E-state index contributed by atoms with van der Waals surface area (Å²) >= 11 is 10.9. The smallest absolute Gasteiger partial charge is 0.269 e. The van der Waals surface area contributed by atoms with Crippen molar-refractivity contribution in [2.75, 3.05) is 12.2 Å². The Morgan fingerprint density at radius 3 is 2.47 bits per heavy atom. The van der Waals surface area contributed by atoms with Crippen LogP contribution in [0.25, 0.3) is 0 Å². The molecule has 0 saturated heterocycles. The maximum absolute atomic E-state index is 10.5. The van der Waals surface area contributed by atoms with Gasteiger partial charge in [0.05, 0.1) is 11.5 Å². The number of non-ortho nitro benzene ring substituents is 1. The monoisotopic (exact) mass is 295 g/mol. The molecule has 17 heavy (non-hydrogen) atoms. The molecule has 0 radical (unpaired) electrons. The third-order valence-corrected chi connectivity index (χ3v) is 5.49. The predicted molar refractivity (Wildman–Crippen MR) is 70.4 cm³/mol. The number of nitrogens with zero attached hydrogens (tertiary/aromatic N) is 1. The number of hydrogen-bond donors (Lipinski definition) is 0. The van der Waals surface area contributed by atoms with Crippen LogP contribution in [0.15, 0.2) is 24.3 Å². The highest BCUT2D eigenvalue weighted by Crippen LogP contribution is 2.49. The van der Waals surface area contributed by atoms with Gasteiger partial charge in [0.25, 0.3) is 12.2 Å². The molecule has 0 aromatic heterocycles. The Morgan fingerprint density at radius 1 is 1.47 bits per heavy atom. The van der Waals surface area contributed by atoms with Crippen LogP contribution in [0.3, 0.4) is 0 Å². The van der Waals surface area contributed by atoms with Gasteiger partial charge in [-0.05, 0) is 30.9 Å². The second-order valence-electron chi connectivity index (χ2n) is 2.99. The van der Waals surface area contributed by atoms with Gasteiger partial charge >= 0.3 is 0 Å². The van der Waals surface area contributed by atoms with Gasteiger partial charge in [0.15, 0.2) is 0 Å². The van der Waals surface area contributed by atoms with Crippen molar-refractivity contribution in [3.63, 3.8) is 0 Å². The van der Waals surface area contributed by atoms with E-state index in [1.165, 1.54) is 24.3 Å². The van der Waals surface area contributed by atoms with E-state index in [0.717, 1.165) is 0 Å². The number of nitro benzene ring substituents is 1. The second-order valence-corrected chi connectivity index (χ2v) is 7.28. The molecule has 0 heterocycles. The van der Waals surface area contributed by atoms with Crippen molar-refractivity contribution in [1.82, 2.24) is 0 Å². The van der Waals surface area contributed by atoms with Crippen LogP contribution in [0.1, 0.15) is 6.92 Å². The predicted octanol–water partition coefficient (Wildman–Crippen LogP) is 3.52. The lowest BCUT2D eigenvalue weighted by molar-refractivity contribution is -0.384. The van der Waals surface area contributed by atoms with E-state index in [0.29, 0.717) is 12.4 Å². The molecule has 1 aromatic carbocycles. The molecule has 0 N–H and O–H groups in total. The zero-order valence-corrected chi connectivity index (χ0v) is 11.5. The number of benzene rings is 1. The molecule has 0 fully saturated rings. The average molecular weight is 296 g/mol. The lowest BCUT2D eigenvalue weighted by Crippen LogP contribution is -1.99. The summed E-state index contributed by atoms with van der Waals surface area (Å²) in [5, 5.41) is 10.5. The largest absolute Gasteiger partial charge is 0.442 e. The average Bonchev–Trinajstić information content (AvgIpc) is 2.30. The minimum absolute atomic E-state index is 0.00654. The summed E-state index contributed by atoms with van der Waals surface area (Å²) in [4.78, 5) is 9.98. The van der Waals surface area contributed by atoms with Crippen LogP contribution in [0.5, 0.6) is 5.75 Å². The van der Waals surface area contributed by atoms with E-state index >= 15 is 0 Å². The summed E-state index contributed by atoms with van der Waals surface area (Å²) in [5.41, 5.74) is 0.0839. The molecule has 0 aliphatic rings. The lowest BCUT2D eigenvalue weighted by atomic mass is 10.3. The molecule has 1 unspecified atom stereocenters. The van der Waals surface area contributed by atoms with Crippen molar-refractivity contribution < 1.29 is 14.0 Å². The molecule has 1 atom stereocenters. The molecular formula is C9H11ClNO4PS. The van der Waals surface area contributed by atoms with Gasteiger partial charge in [-0.15, -0.1) is 11.6 Å². The van der Waals surface area contributed by atoms with Crippen LogP contribution in [-0.2, 0) is 16.3 Å². The summed E-state index contributed by atoms with van der Waals surface area (Å²) in [5.74, 6) is 0.424. The Labute approximate surface area is 109 Å². The molecule has 8 heteroatoms. The van der Waals surface area contributed by atoms with Crippen molar-refractivity contribution in [2.45, 2.75) is 6.92 Å². The van der Waals surface area contributed by atoms with E-state index in [2.05, 4.69) is 0 Å². The number of hydrogen-bond acceptors (Lipinski definition) is 5. The summed E-state index contributed by atoms with van der Waals surface area (Å²) in [6.07, 6.45) is 0. The Kier molecular flexibility index (Phi) is 5.33. The molecule has 0 spiro atoms. The highest BCUT2D eigenvalue weighted by molar-refractivity contribution is 8.10. The fraction of sp³-hybridized carbons (Fsp3) is 0.333. The van der Waals surface area contributed by atoms with Crippen LogP contribution in [-0.4, -0.2) is 17.2 Å². The van der Waals surface area contributed by atoms with Gasteiger partial charge in [0.1, 0.15) is 11.4 Å². The first-order valence-electron chi connectivity index (χ1n) is 4.74. The third kappa shape index (κ3) is 4.24. The SMILES string of the molecule is CCOP(=S)(CCl)Oc1ccc([N+](=O)[O-])cc1. The molecule has 0 aliphatic heterocycles. The topological polar surface area (TPSA) is 61.6 Å². The summed E-state index contributed by atoms with van der Waals surface area (Å²) in [7, 11) is 0. The second kappa shape index (κ2) is 6.31. The fourth-order valence-electron chi connectivity index (χ4n) is 1.07. The van der Waals surface area contributed by atoms with Crippen LogP contribution in [0, 0.1) is 10.1 Å². The summed E-state index contributed by atoms with van der Waals surface area (Å²) in [6, 6.07) is 5.64. The third-order valence-electron chi connectivity index (χ3n) is 1.76. The van der Waals surface area contributed by atoms with E-state index < -0.39 is 11.4 Å². The summed E-state index contributed by atoms with van der Waals surface area (Å²) in [6.45, 7) is -0.320. The number of alkyl halides is 1. The van der Waals surface area contributed by atoms with Gasteiger partial charge in [0, 0.05) is 12.1 Å². The zero-order valence-electron chi connectivity index (χ0n) is 9.04. The van der Waals surface area contributed by atoms with E-state index in [1.54, 1.807) is 6.92 Å². The molecule has 94 valence electrons. The van der Waals surface area contributed by atoms with Gasteiger partial charge in [-0.25, -0.2) is 0 Å². The fourth-order valence-corrected chi connectivity index (χ4v) is 3.01. The molecule has 0 saturated carbocycles. The van der Waals surface area contributed by atoms with Crippen molar-refractivity contribution in [3.05, 3.63) is 34.4 Å². The first kappa shape index (κ1) is 14.4. The van der Waals surface area contributed by atoms with Gasteiger partial charge < -0.3 is 9.05 Å². The molecule has 1 aromatic rings. The normalized spacial score (nSPS) is 14.0. The van der Waals surface area contributed by atoms with Crippen LogP contribution in [0.4, 0.5) is 5.69 Å². The molecular weight excluding hydrogens is 285 g/mol. The van der Waals surface area contributed by atoms with Crippen molar-refractivity contribution in [1.29, 1.82) is 0 Å². The Morgan fingerprint density at radius 2 is 2.06 bits per heavy atom. The molecule has 0 bridgehead atoms. The lowest BCUT2D eigenvalue weighted by Gasteiger charge is -2.19. The molecule has 5 nitrogen and oxygen atoms in total. The van der Waals surface area contributed by atoms with E-state index in [1.807, 2.05) is 0 Å². The first-order valence-corrected chi connectivity index (χ1v) is 8.10.